The molecule has 23 heavy (non-hydrogen) atoms. The summed E-state index contributed by atoms with van der Waals surface area (Å²) in [5.74, 6) is 2.35. The van der Waals surface area contributed by atoms with Crippen LogP contribution in [0.2, 0.25) is 0 Å². The maximum absolute atomic E-state index is 4.50. The van der Waals surface area contributed by atoms with E-state index in [1.807, 2.05) is 7.05 Å². The van der Waals surface area contributed by atoms with E-state index in [4.69, 9.17) is 0 Å². The second kappa shape index (κ2) is 9.28. The SMILES string of the molecule is CCN(CC)CC1CCN(C(=NC)NCC(C)c2ccsc2)C1. The van der Waals surface area contributed by atoms with E-state index in [1.165, 1.54) is 18.5 Å². The largest absolute Gasteiger partial charge is 0.356 e. The van der Waals surface area contributed by atoms with Crippen molar-refractivity contribution in [2.24, 2.45) is 10.9 Å². The Kier molecular flexibility index (Phi) is 7.37. The number of nitrogens with zero attached hydrogens (tertiary/aromatic N) is 3. The van der Waals surface area contributed by atoms with Crippen molar-refractivity contribution >= 4 is 17.3 Å². The van der Waals surface area contributed by atoms with E-state index in [0.717, 1.165) is 44.6 Å². The van der Waals surface area contributed by atoms with Crippen LogP contribution < -0.4 is 5.32 Å². The Morgan fingerprint density at radius 3 is 2.87 bits per heavy atom. The van der Waals surface area contributed by atoms with Gasteiger partial charge in [0.05, 0.1) is 0 Å². The fourth-order valence-electron chi connectivity index (χ4n) is 3.27. The Bertz CT molecular complexity index is 467. The molecule has 0 spiro atoms. The van der Waals surface area contributed by atoms with Gasteiger partial charge in [-0.1, -0.05) is 20.8 Å². The predicted molar refractivity (Wildman–Crippen MR) is 102 cm³/mol. The van der Waals surface area contributed by atoms with E-state index >= 15 is 0 Å². The summed E-state index contributed by atoms with van der Waals surface area (Å²) in [7, 11) is 1.90. The van der Waals surface area contributed by atoms with E-state index in [0.29, 0.717) is 5.92 Å². The van der Waals surface area contributed by atoms with Crippen LogP contribution in [-0.2, 0) is 0 Å². The van der Waals surface area contributed by atoms with Crippen LogP contribution >= 0.6 is 11.3 Å². The van der Waals surface area contributed by atoms with Gasteiger partial charge in [-0.3, -0.25) is 4.99 Å². The zero-order chi connectivity index (χ0) is 16.7. The van der Waals surface area contributed by atoms with Crippen LogP contribution in [0.3, 0.4) is 0 Å². The highest BCUT2D eigenvalue weighted by molar-refractivity contribution is 7.07. The number of guanidine groups is 1. The molecule has 1 fully saturated rings. The molecule has 1 aliphatic rings. The minimum Gasteiger partial charge on any atom is -0.356 e. The van der Waals surface area contributed by atoms with Crippen molar-refractivity contribution < 1.29 is 0 Å². The Balaban J connectivity index is 1.80. The number of hydrogen-bond acceptors (Lipinski definition) is 3. The molecule has 0 aliphatic carbocycles. The minimum atomic E-state index is 0.520. The van der Waals surface area contributed by atoms with Gasteiger partial charge in [0, 0.05) is 33.2 Å². The lowest BCUT2D eigenvalue weighted by atomic mass is 10.1. The van der Waals surface area contributed by atoms with Crippen molar-refractivity contribution in [3.05, 3.63) is 22.4 Å². The summed E-state index contributed by atoms with van der Waals surface area (Å²) >= 11 is 1.77. The molecule has 0 bridgehead atoms. The Hall–Kier alpha value is -1.07. The smallest absolute Gasteiger partial charge is 0.193 e. The highest BCUT2D eigenvalue weighted by atomic mass is 32.1. The van der Waals surface area contributed by atoms with E-state index in [9.17, 15) is 0 Å². The first-order valence-corrected chi connectivity index (χ1v) is 9.82. The highest BCUT2D eigenvalue weighted by Crippen LogP contribution is 2.19. The van der Waals surface area contributed by atoms with Gasteiger partial charge in [0.15, 0.2) is 5.96 Å². The zero-order valence-electron chi connectivity index (χ0n) is 15.1. The van der Waals surface area contributed by atoms with Crippen LogP contribution in [0.4, 0.5) is 0 Å². The lowest BCUT2D eigenvalue weighted by Crippen LogP contribution is -2.42. The van der Waals surface area contributed by atoms with Crippen LogP contribution in [0.15, 0.2) is 21.8 Å². The van der Waals surface area contributed by atoms with Crippen molar-refractivity contribution in [1.82, 2.24) is 15.1 Å². The van der Waals surface area contributed by atoms with Gasteiger partial charge in [-0.15, -0.1) is 0 Å². The van der Waals surface area contributed by atoms with Crippen molar-refractivity contribution in [2.45, 2.75) is 33.1 Å². The average Bonchev–Trinajstić information content (AvgIpc) is 3.25. The van der Waals surface area contributed by atoms with Gasteiger partial charge in [0.25, 0.3) is 0 Å². The zero-order valence-corrected chi connectivity index (χ0v) is 15.9. The van der Waals surface area contributed by atoms with Gasteiger partial charge < -0.3 is 15.1 Å². The van der Waals surface area contributed by atoms with Gasteiger partial charge in [0.1, 0.15) is 0 Å². The third-order valence-corrected chi connectivity index (χ3v) is 5.59. The van der Waals surface area contributed by atoms with Gasteiger partial charge in [-0.05, 0) is 53.7 Å². The normalized spacial score (nSPS) is 20.3. The first-order chi connectivity index (χ1) is 11.2. The second-order valence-electron chi connectivity index (χ2n) is 6.47. The number of hydrogen-bond donors (Lipinski definition) is 1. The number of likely N-dealkylation sites (tertiary alicyclic amines) is 1. The summed E-state index contributed by atoms with van der Waals surface area (Å²) < 4.78 is 0. The molecule has 130 valence electrons. The quantitative estimate of drug-likeness (QED) is 0.613. The number of rotatable bonds is 7. The van der Waals surface area contributed by atoms with Crippen molar-refractivity contribution in [3.63, 3.8) is 0 Å². The Labute approximate surface area is 145 Å². The molecule has 5 heteroatoms. The first kappa shape index (κ1) is 18.3. The van der Waals surface area contributed by atoms with Crippen LogP contribution in [0.25, 0.3) is 0 Å². The lowest BCUT2D eigenvalue weighted by Gasteiger charge is -2.25. The highest BCUT2D eigenvalue weighted by Gasteiger charge is 2.26. The fourth-order valence-corrected chi connectivity index (χ4v) is 4.05. The maximum atomic E-state index is 4.50. The summed E-state index contributed by atoms with van der Waals surface area (Å²) in [5.41, 5.74) is 1.42. The average molecular weight is 337 g/mol. The molecule has 0 saturated carbocycles. The molecule has 2 rings (SSSR count). The molecule has 2 unspecified atom stereocenters. The van der Waals surface area contributed by atoms with Crippen molar-refractivity contribution in [3.8, 4) is 0 Å². The molecule has 1 aromatic rings. The van der Waals surface area contributed by atoms with Crippen LogP contribution in [-0.4, -0.2) is 62.1 Å². The number of aliphatic imine (C=N–C) groups is 1. The third-order valence-electron chi connectivity index (χ3n) is 4.89. The second-order valence-corrected chi connectivity index (χ2v) is 7.25. The standard InChI is InChI=1S/C18H32N4S/c1-5-21(6-2)12-16-7-9-22(13-16)18(19-4)20-11-15(3)17-8-10-23-14-17/h8,10,14-16H,5-7,9,11-13H2,1-4H3,(H,19,20). The third kappa shape index (κ3) is 5.21. The van der Waals surface area contributed by atoms with E-state index in [1.54, 1.807) is 11.3 Å². The topological polar surface area (TPSA) is 30.9 Å². The summed E-state index contributed by atoms with van der Waals surface area (Å²) in [6, 6.07) is 2.22. The van der Waals surface area contributed by atoms with Gasteiger partial charge in [-0.25, -0.2) is 0 Å². The van der Waals surface area contributed by atoms with Crippen LogP contribution in [0.1, 0.15) is 38.7 Å². The molecule has 2 atom stereocenters. The monoisotopic (exact) mass is 336 g/mol. The van der Waals surface area contributed by atoms with Gasteiger partial charge >= 0.3 is 0 Å². The van der Waals surface area contributed by atoms with Crippen molar-refractivity contribution in [1.29, 1.82) is 0 Å². The summed E-state index contributed by atoms with van der Waals surface area (Å²) in [5, 5.41) is 7.96. The summed E-state index contributed by atoms with van der Waals surface area (Å²) in [4.78, 5) is 9.45. The molecule has 4 nitrogen and oxygen atoms in total. The molecule has 1 aromatic heterocycles. The minimum absolute atomic E-state index is 0.520. The maximum Gasteiger partial charge on any atom is 0.193 e. The van der Waals surface area contributed by atoms with E-state index in [-0.39, 0.29) is 0 Å². The van der Waals surface area contributed by atoms with Gasteiger partial charge in [-0.2, -0.15) is 11.3 Å². The molecule has 0 amide bonds. The lowest BCUT2D eigenvalue weighted by molar-refractivity contribution is 0.255. The number of thiophene rings is 1. The summed E-state index contributed by atoms with van der Waals surface area (Å²) in [6.07, 6.45) is 1.28. The molecular weight excluding hydrogens is 304 g/mol. The molecule has 1 aliphatic heterocycles. The number of nitrogens with one attached hydrogen (secondary N) is 1. The van der Waals surface area contributed by atoms with Crippen LogP contribution in [0.5, 0.6) is 0 Å². The molecule has 1 N–H and O–H groups in total. The molecule has 1 saturated heterocycles. The molecule has 0 radical (unpaired) electrons. The Morgan fingerprint density at radius 2 is 2.26 bits per heavy atom. The summed E-state index contributed by atoms with van der Waals surface area (Å²) in [6.45, 7) is 13.5. The first-order valence-electron chi connectivity index (χ1n) is 8.87. The molecule has 2 heterocycles. The Morgan fingerprint density at radius 1 is 1.48 bits per heavy atom. The van der Waals surface area contributed by atoms with E-state index in [2.05, 4.69) is 57.7 Å². The predicted octanol–water partition coefficient (Wildman–Crippen LogP) is 3.09. The fraction of sp³-hybridized carbons (Fsp3) is 0.722. The molecular formula is C18H32N4S. The van der Waals surface area contributed by atoms with Crippen LogP contribution in [0, 0.1) is 5.92 Å². The molecule has 0 aromatic carbocycles. The van der Waals surface area contributed by atoms with Gasteiger partial charge in [0.2, 0.25) is 0 Å². The van der Waals surface area contributed by atoms with Crippen molar-refractivity contribution in [2.75, 3.05) is 46.3 Å². The van der Waals surface area contributed by atoms with E-state index < -0.39 is 0 Å².